The Bertz CT molecular complexity index is 1040. The minimum atomic E-state index is -0.542. The van der Waals surface area contributed by atoms with Crippen LogP contribution in [0.3, 0.4) is 0 Å². The summed E-state index contributed by atoms with van der Waals surface area (Å²) in [5.41, 5.74) is 9.48. The van der Waals surface area contributed by atoms with Crippen LogP contribution in [0.4, 0.5) is 0 Å². The second kappa shape index (κ2) is 7.64. The van der Waals surface area contributed by atoms with Gasteiger partial charge in [0.25, 0.3) is 5.56 Å². The molecule has 0 saturated carbocycles. The molecular weight excluding hydrogens is 352 g/mol. The Hall–Kier alpha value is -2.86. The van der Waals surface area contributed by atoms with Crippen molar-refractivity contribution in [3.8, 4) is 0 Å². The summed E-state index contributed by atoms with van der Waals surface area (Å²) in [6.07, 6.45) is 6.00. The standard InChI is InChI=1S/C22H26N4O2/c1-25-9-6-16(13-21(25)27)15-7-10-26(11-8-15)22(28)19(23)12-17-14-24-20-5-3-2-4-18(17)20/h2-6,9,13-15,19,24H,7-8,10-12,23H2,1H3/t19-/m1/s1. The summed E-state index contributed by atoms with van der Waals surface area (Å²) in [5.74, 6) is 0.329. The highest BCUT2D eigenvalue weighted by molar-refractivity contribution is 5.86. The Morgan fingerprint density at radius 2 is 2.00 bits per heavy atom. The number of nitrogens with two attached hydrogens (primary N) is 1. The van der Waals surface area contributed by atoms with Crippen molar-refractivity contribution in [2.24, 2.45) is 12.8 Å². The first-order chi connectivity index (χ1) is 13.5. The Morgan fingerprint density at radius 3 is 2.75 bits per heavy atom. The summed E-state index contributed by atoms with van der Waals surface area (Å²) < 4.78 is 1.58. The van der Waals surface area contributed by atoms with Gasteiger partial charge in [0.1, 0.15) is 0 Å². The lowest BCUT2D eigenvalue weighted by Crippen LogP contribution is -2.47. The fraction of sp³-hybridized carbons (Fsp3) is 0.364. The Morgan fingerprint density at radius 1 is 1.25 bits per heavy atom. The zero-order chi connectivity index (χ0) is 19.7. The van der Waals surface area contributed by atoms with Crippen molar-refractivity contribution in [1.82, 2.24) is 14.5 Å². The molecule has 4 rings (SSSR count). The highest BCUT2D eigenvalue weighted by atomic mass is 16.2. The molecule has 0 unspecified atom stereocenters. The number of para-hydroxylation sites is 1. The molecule has 3 aromatic rings. The van der Waals surface area contributed by atoms with E-state index in [4.69, 9.17) is 5.73 Å². The first-order valence-corrected chi connectivity index (χ1v) is 9.79. The average Bonchev–Trinajstić information content (AvgIpc) is 3.12. The van der Waals surface area contributed by atoms with Crippen molar-refractivity contribution in [3.63, 3.8) is 0 Å². The minimum absolute atomic E-state index is 0.00714. The van der Waals surface area contributed by atoms with Crippen molar-refractivity contribution >= 4 is 16.8 Å². The number of amides is 1. The van der Waals surface area contributed by atoms with E-state index < -0.39 is 6.04 Å². The van der Waals surface area contributed by atoms with Gasteiger partial charge in [0.15, 0.2) is 0 Å². The smallest absolute Gasteiger partial charge is 0.250 e. The maximum atomic E-state index is 12.8. The van der Waals surface area contributed by atoms with E-state index in [1.807, 2.05) is 47.6 Å². The van der Waals surface area contributed by atoms with Crippen molar-refractivity contribution in [2.75, 3.05) is 13.1 Å². The summed E-state index contributed by atoms with van der Waals surface area (Å²) in [7, 11) is 1.75. The summed E-state index contributed by atoms with van der Waals surface area (Å²) in [5, 5.41) is 1.12. The third-order valence-electron chi connectivity index (χ3n) is 5.84. The van der Waals surface area contributed by atoms with Crippen LogP contribution in [-0.2, 0) is 18.3 Å². The Labute approximate surface area is 164 Å². The van der Waals surface area contributed by atoms with Crippen LogP contribution in [0.25, 0.3) is 10.9 Å². The van der Waals surface area contributed by atoms with Gasteiger partial charge in [-0.15, -0.1) is 0 Å². The molecule has 3 heterocycles. The molecule has 6 nitrogen and oxygen atoms in total. The maximum absolute atomic E-state index is 12.8. The second-order valence-corrected chi connectivity index (χ2v) is 7.68. The number of fused-ring (bicyclic) bond motifs is 1. The number of nitrogens with one attached hydrogen (secondary N) is 1. The van der Waals surface area contributed by atoms with E-state index in [2.05, 4.69) is 4.98 Å². The minimum Gasteiger partial charge on any atom is -0.361 e. The lowest BCUT2D eigenvalue weighted by molar-refractivity contribution is -0.133. The van der Waals surface area contributed by atoms with Gasteiger partial charge in [0.05, 0.1) is 6.04 Å². The molecule has 28 heavy (non-hydrogen) atoms. The molecule has 146 valence electrons. The molecule has 0 aliphatic carbocycles. The van der Waals surface area contributed by atoms with Crippen LogP contribution in [0, 0.1) is 0 Å². The molecule has 0 spiro atoms. The molecule has 1 fully saturated rings. The molecule has 1 aliphatic heterocycles. The van der Waals surface area contributed by atoms with E-state index in [1.165, 1.54) is 0 Å². The molecule has 0 bridgehead atoms. The topological polar surface area (TPSA) is 84.1 Å². The van der Waals surface area contributed by atoms with Gasteiger partial charge in [-0.25, -0.2) is 0 Å². The summed E-state index contributed by atoms with van der Waals surface area (Å²) in [6, 6.07) is 11.2. The van der Waals surface area contributed by atoms with Gasteiger partial charge < -0.3 is 20.2 Å². The molecule has 1 atom stereocenters. The number of carbonyl (C=O) groups is 1. The van der Waals surface area contributed by atoms with Crippen LogP contribution in [-0.4, -0.2) is 39.5 Å². The fourth-order valence-corrected chi connectivity index (χ4v) is 4.11. The van der Waals surface area contributed by atoms with E-state index in [0.29, 0.717) is 25.4 Å². The lowest BCUT2D eigenvalue weighted by atomic mass is 9.89. The van der Waals surface area contributed by atoms with Crippen LogP contribution < -0.4 is 11.3 Å². The number of piperidine rings is 1. The van der Waals surface area contributed by atoms with Crippen LogP contribution in [0.15, 0.2) is 53.6 Å². The summed E-state index contributed by atoms with van der Waals surface area (Å²) in [4.78, 5) is 29.8. The SMILES string of the molecule is Cn1ccc(C2CCN(C(=O)[C@H](N)Cc3c[nH]c4ccccc34)CC2)cc1=O. The fourth-order valence-electron chi connectivity index (χ4n) is 4.11. The largest absolute Gasteiger partial charge is 0.361 e. The number of carbonyl (C=O) groups excluding carboxylic acids is 1. The number of hydrogen-bond acceptors (Lipinski definition) is 3. The third-order valence-corrected chi connectivity index (χ3v) is 5.84. The highest BCUT2D eigenvalue weighted by Gasteiger charge is 2.27. The molecule has 2 aromatic heterocycles. The summed E-state index contributed by atoms with van der Waals surface area (Å²) >= 11 is 0. The van der Waals surface area contributed by atoms with Gasteiger partial charge >= 0.3 is 0 Å². The molecular formula is C22H26N4O2. The van der Waals surface area contributed by atoms with Crippen LogP contribution in [0.1, 0.15) is 29.9 Å². The van der Waals surface area contributed by atoms with Gasteiger partial charge in [0, 0.05) is 49.5 Å². The van der Waals surface area contributed by atoms with E-state index >= 15 is 0 Å². The molecule has 6 heteroatoms. The molecule has 1 amide bonds. The summed E-state index contributed by atoms with van der Waals surface area (Å²) in [6.45, 7) is 1.36. The number of aryl methyl sites for hydroxylation is 1. The van der Waals surface area contributed by atoms with E-state index in [-0.39, 0.29) is 11.5 Å². The number of rotatable bonds is 4. The highest BCUT2D eigenvalue weighted by Crippen LogP contribution is 2.27. The lowest BCUT2D eigenvalue weighted by Gasteiger charge is -2.33. The van der Waals surface area contributed by atoms with E-state index in [1.54, 1.807) is 17.7 Å². The van der Waals surface area contributed by atoms with Gasteiger partial charge in [-0.1, -0.05) is 18.2 Å². The van der Waals surface area contributed by atoms with E-state index in [0.717, 1.165) is 34.9 Å². The van der Waals surface area contributed by atoms with Gasteiger partial charge in [-0.05, 0) is 48.4 Å². The van der Waals surface area contributed by atoms with Crippen LogP contribution >= 0.6 is 0 Å². The zero-order valence-corrected chi connectivity index (χ0v) is 16.1. The van der Waals surface area contributed by atoms with Gasteiger partial charge in [-0.3, -0.25) is 9.59 Å². The predicted molar refractivity (Wildman–Crippen MR) is 110 cm³/mol. The predicted octanol–water partition coefficient (Wildman–Crippen LogP) is 2.14. The molecule has 1 saturated heterocycles. The first kappa shape index (κ1) is 18.5. The number of H-pyrrole nitrogens is 1. The third kappa shape index (κ3) is 3.60. The monoisotopic (exact) mass is 378 g/mol. The number of aromatic amines is 1. The first-order valence-electron chi connectivity index (χ1n) is 9.79. The Kier molecular flexibility index (Phi) is 5.05. The zero-order valence-electron chi connectivity index (χ0n) is 16.1. The quantitative estimate of drug-likeness (QED) is 0.730. The van der Waals surface area contributed by atoms with Crippen molar-refractivity contribution in [3.05, 3.63) is 70.3 Å². The van der Waals surface area contributed by atoms with Gasteiger partial charge in [0.2, 0.25) is 5.91 Å². The average molecular weight is 378 g/mol. The van der Waals surface area contributed by atoms with Crippen LogP contribution in [0.2, 0.25) is 0 Å². The molecule has 0 radical (unpaired) electrons. The van der Waals surface area contributed by atoms with Crippen LogP contribution in [0.5, 0.6) is 0 Å². The molecule has 1 aromatic carbocycles. The van der Waals surface area contributed by atoms with Gasteiger partial charge in [-0.2, -0.15) is 0 Å². The number of likely N-dealkylation sites (tertiary alicyclic amines) is 1. The second-order valence-electron chi connectivity index (χ2n) is 7.68. The van der Waals surface area contributed by atoms with Crippen molar-refractivity contribution in [1.29, 1.82) is 0 Å². The van der Waals surface area contributed by atoms with Crippen molar-refractivity contribution < 1.29 is 4.79 Å². The normalized spacial score (nSPS) is 16.4. The number of hydrogen-bond donors (Lipinski definition) is 2. The number of aromatic nitrogens is 2. The molecule has 1 aliphatic rings. The Balaban J connectivity index is 1.38. The van der Waals surface area contributed by atoms with Crippen molar-refractivity contribution in [2.45, 2.75) is 31.2 Å². The number of nitrogens with zero attached hydrogens (tertiary/aromatic N) is 2. The van der Waals surface area contributed by atoms with E-state index in [9.17, 15) is 9.59 Å². The number of benzene rings is 1. The maximum Gasteiger partial charge on any atom is 0.250 e. The number of pyridine rings is 1. The molecule has 3 N–H and O–H groups in total.